The van der Waals surface area contributed by atoms with Crippen molar-refractivity contribution in [2.45, 2.75) is 27.3 Å². The first kappa shape index (κ1) is 21.0. The molecule has 8 heteroatoms. The first-order valence-corrected chi connectivity index (χ1v) is 9.23. The maximum Gasteiger partial charge on any atom is 0.229 e. The number of nitrogens with zero attached hydrogens (tertiary/aromatic N) is 4. The molecule has 156 valence electrons. The third kappa shape index (κ3) is 4.17. The van der Waals surface area contributed by atoms with Crippen LogP contribution in [0.2, 0.25) is 0 Å². The minimum absolute atomic E-state index is 0. The van der Waals surface area contributed by atoms with E-state index in [1.54, 1.807) is 31.5 Å². The summed E-state index contributed by atoms with van der Waals surface area (Å²) < 4.78 is 21.2. The number of nitrogens with one attached hydrogen (secondary N) is 2. The van der Waals surface area contributed by atoms with Crippen LogP contribution in [0.1, 0.15) is 27.3 Å². The van der Waals surface area contributed by atoms with Gasteiger partial charge in [0.25, 0.3) is 0 Å². The number of hydrogen-bond donors (Lipinski definition) is 2. The van der Waals surface area contributed by atoms with E-state index < -0.39 is 0 Å². The number of hydrogen-bond acceptors (Lipinski definition) is 6. The van der Waals surface area contributed by atoms with Crippen molar-refractivity contribution in [3.05, 3.63) is 60.5 Å². The lowest BCUT2D eigenvalue weighted by molar-refractivity contribution is 0.415. The molecular formula is C22H25FN6O. The summed E-state index contributed by atoms with van der Waals surface area (Å²) in [7, 11) is 1.62. The molecular weight excluding hydrogens is 383 g/mol. The van der Waals surface area contributed by atoms with Gasteiger partial charge in [0, 0.05) is 11.7 Å². The normalized spacial score (nSPS) is 10.7. The number of anilines is 4. The van der Waals surface area contributed by atoms with E-state index in [9.17, 15) is 4.39 Å². The summed E-state index contributed by atoms with van der Waals surface area (Å²) in [6.07, 6.45) is 1.65. The van der Waals surface area contributed by atoms with E-state index in [0.717, 1.165) is 11.4 Å². The van der Waals surface area contributed by atoms with Gasteiger partial charge in [0.15, 0.2) is 5.65 Å². The van der Waals surface area contributed by atoms with E-state index in [1.807, 2.05) is 42.7 Å². The fourth-order valence-electron chi connectivity index (χ4n) is 3.01. The average molecular weight is 408 g/mol. The number of fused-ring (bicyclic) bond motifs is 1. The Morgan fingerprint density at radius 3 is 2.40 bits per heavy atom. The summed E-state index contributed by atoms with van der Waals surface area (Å²) in [5.41, 5.74) is 2.47. The Hall–Kier alpha value is -3.68. The summed E-state index contributed by atoms with van der Waals surface area (Å²) in [4.78, 5) is 13.5. The molecule has 4 aromatic rings. The van der Waals surface area contributed by atoms with Crippen molar-refractivity contribution in [1.82, 2.24) is 19.5 Å². The van der Waals surface area contributed by atoms with Crippen LogP contribution in [-0.4, -0.2) is 26.6 Å². The topological polar surface area (TPSA) is 76.9 Å². The minimum Gasteiger partial charge on any atom is -0.497 e. The van der Waals surface area contributed by atoms with Gasteiger partial charge in [-0.15, -0.1) is 0 Å². The second-order valence-corrected chi connectivity index (χ2v) is 6.76. The molecule has 0 spiro atoms. The average Bonchev–Trinajstić information content (AvgIpc) is 3.08. The Bertz CT molecular complexity index is 1140. The number of imidazole rings is 1. The molecule has 2 heterocycles. The molecule has 0 radical (unpaired) electrons. The smallest absolute Gasteiger partial charge is 0.229 e. The molecule has 0 bridgehead atoms. The highest BCUT2D eigenvalue weighted by molar-refractivity contribution is 5.77. The lowest BCUT2D eigenvalue weighted by atomic mass is 10.3. The zero-order valence-electron chi connectivity index (χ0n) is 16.3. The number of methoxy groups -OCH3 is 1. The van der Waals surface area contributed by atoms with Gasteiger partial charge < -0.3 is 15.4 Å². The first-order valence-electron chi connectivity index (χ1n) is 9.23. The maximum absolute atomic E-state index is 14.1. The van der Waals surface area contributed by atoms with Gasteiger partial charge in [0.1, 0.15) is 17.1 Å². The van der Waals surface area contributed by atoms with Crippen molar-refractivity contribution in [3.8, 4) is 5.75 Å². The van der Waals surface area contributed by atoms with Crippen molar-refractivity contribution in [2.24, 2.45) is 0 Å². The van der Waals surface area contributed by atoms with E-state index in [-0.39, 0.29) is 19.3 Å². The molecule has 2 aromatic heterocycles. The molecule has 4 rings (SSSR count). The van der Waals surface area contributed by atoms with E-state index in [4.69, 9.17) is 4.74 Å². The summed E-state index contributed by atoms with van der Waals surface area (Å²) in [6, 6.07) is 14.0. The van der Waals surface area contributed by atoms with Crippen LogP contribution in [0.5, 0.6) is 5.75 Å². The predicted octanol–water partition coefficient (Wildman–Crippen LogP) is 5.68. The SMILES string of the molecule is C.COc1ccc(Nc2ncc3nc(Nc4ccccc4F)n(C(C)C)c3n2)cc1. The number of benzene rings is 2. The van der Waals surface area contributed by atoms with Crippen LogP contribution >= 0.6 is 0 Å². The number of ether oxygens (including phenoxy) is 1. The number of aromatic nitrogens is 4. The van der Waals surface area contributed by atoms with Gasteiger partial charge in [-0.3, -0.25) is 4.57 Å². The molecule has 2 N–H and O–H groups in total. The van der Waals surface area contributed by atoms with Crippen LogP contribution in [0.25, 0.3) is 11.2 Å². The van der Waals surface area contributed by atoms with Crippen molar-refractivity contribution >= 4 is 34.4 Å². The van der Waals surface area contributed by atoms with Crippen LogP contribution in [0.4, 0.5) is 27.7 Å². The predicted molar refractivity (Wildman–Crippen MR) is 118 cm³/mol. The number of rotatable bonds is 6. The first-order chi connectivity index (χ1) is 14.0. The molecule has 0 saturated carbocycles. The van der Waals surface area contributed by atoms with Gasteiger partial charge in [-0.1, -0.05) is 19.6 Å². The van der Waals surface area contributed by atoms with Gasteiger partial charge in [-0.05, 0) is 50.2 Å². The van der Waals surface area contributed by atoms with Gasteiger partial charge in [0.2, 0.25) is 11.9 Å². The highest BCUT2D eigenvalue weighted by atomic mass is 19.1. The second kappa shape index (κ2) is 8.77. The molecule has 0 amide bonds. The van der Waals surface area contributed by atoms with E-state index in [1.165, 1.54) is 6.07 Å². The molecule has 7 nitrogen and oxygen atoms in total. The lowest BCUT2D eigenvalue weighted by Crippen LogP contribution is -2.08. The second-order valence-electron chi connectivity index (χ2n) is 6.76. The highest BCUT2D eigenvalue weighted by Gasteiger charge is 2.17. The van der Waals surface area contributed by atoms with Gasteiger partial charge in [-0.25, -0.2) is 14.4 Å². The fraction of sp³-hybridized carbons (Fsp3) is 0.227. The number of para-hydroxylation sites is 1. The Kier molecular flexibility index (Phi) is 6.15. The zero-order chi connectivity index (χ0) is 20.4. The van der Waals surface area contributed by atoms with Crippen molar-refractivity contribution in [1.29, 1.82) is 0 Å². The Morgan fingerprint density at radius 1 is 1.00 bits per heavy atom. The summed E-state index contributed by atoms with van der Waals surface area (Å²) >= 11 is 0. The Balaban J connectivity index is 0.00000256. The number of halogens is 1. The van der Waals surface area contributed by atoms with E-state index in [0.29, 0.717) is 28.7 Å². The van der Waals surface area contributed by atoms with Crippen LogP contribution in [0.3, 0.4) is 0 Å². The van der Waals surface area contributed by atoms with Crippen LogP contribution in [0, 0.1) is 5.82 Å². The molecule has 0 saturated heterocycles. The fourth-order valence-corrected chi connectivity index (χ4v) is 3.01. The van der Waals surface area contributed by atoms with Crippen molar-refractivity contribution in [2.75, 3.05) is 17.7 Å². The lowest BCUT2D eigenvalue weighted by Gasteiger charge is -2.14. The van der Waals surface area contributed by atoms with Crippen LogP contribution in [-0.2, 0) is 0 Å². The van der Waals surface area contributed by atoms with Crippen molar-refractivity contribution in [3.63, 3.8) is 0 Å². The van der Waals surface area contributed by atoms with Gasteiger partial charge in [0.05, 0.1) is 19.0 Å². The van der Waals surface area contributed by atoms with Crippen LogP contribution in [0.15, 0.2) is 54.7 Å². The van der Waals surface area contributed by atoms with Crippen LogP contribution < -0.4 is 15.4 Å². The summed E-state index contributed by atoms with van der Waals surface area (Å²) in [5.74, 6) is 1.38. The standard InChI is InChI=1S/C21H21FN6O.CH4/c1-13(2)28-19-18(26-21(28)25-17-7-5-4-6-16(17)22)12-23-20(27-19)24-14-8-10-15(29-3)11-9-14;/h4-13H,1-3H3,(H,25,26)(H,23,24,27);1H4. The third-order valence-electron chi connectivity index (χ3n) is 4.42. The zero-order valence-corrected chi connectivity index (χ0v) is 16.3. The highest BCUT2D eigenvalue weighted by Crippen LogP contribution is 2.27. The Labute approximate surface area is 175 Å². The summed E-state index contributed by atoms with van der Waals surface area (Å²) in [5, 5.41) is 6.25. The quantitative estimate of drug-likeness (QED) is 0.427. The molecule has 0 aliphatic carbocycles. The van der Waals surface area contributed by atoms with Gasteiger partial charge >= 0.3 is 0 Å². The molecule has 0 aliphatic heterocycles. The molecule has 30 heavy (non-hydrogen) atoms. The molecule has 0 aliphatic rings. The van der Waals surface area contributed by atoms with E-state index in [2.05, 4.69) is 25.6 Å². The van der Waals surface area contributed by atoms with E-state index >= 15 is 0 Å². The maximum atomic E-state index is 14.1. The molecule has 2 aromatic carbocycles. The molecule has 0 unspecified atom stereocenters. The minimum atomic E-state index is -0.345. The van der Waals surface area contributed by atoms with Crippen molar-refractivity contribution < 1.29 is 9.13 Å². The Morgan fingerprint density at radius 2 is 1.73 bits per heavy atom. The molecule has 0 fully saturated rings. The molecule has 0 atom stereocenters. The largest absolute Gasteiger partial charge is 0.497 e. The third-order valence-corrected chi connectivity index (χ3v) is 4.42. The summed E-state index contributed by atoms with van der Waals surface area (Å²) in [6.45, 7) is 4.04. The monoisotopic (exact) mass is 408 g/mol. The van der Waals surface area contributed by atoms with Gasteiger partial charge in [-0.2, -0.15) is 4.98 Å².